The van der Waals surface area contributed by atoms with Gasteiger partial charge in [-0.25, -0.2) is 9.29 Å². The summed E-state index contributed by atoms with van der Waals surface area (Å²) in [5, 5.41) is 0. The fraction of sp³-hybridized carbons (Fsp3) is 0.571. The topological polar surface area (TPSA) is 57.7 Å². The molecule has 5 nitrogen and oxygen atoms in total. The van der Waals surface area contributed by atoms with Crippen LogP contribution in [-0.2, 0) is 14.4 Å². The van der Waals surface area contributed by atoms with E-state index in [0.29, 0.717) is 5.69 Å². The number of hydrogen-bond acceptors (Lipinski definition) is 3. The predicted octanol–water partition coefficient (Wildman–Crippen LogP) is 3.67. The van der Waals surface area contributed by atoms with Gasteiger partial charge in [0, 0.05) is 11.5 Å². The average Bonchev–Trinajstić information content (AvgIpc) is 2.90. The van der Waals surface area contributed by atoms with E-state index in [1.165, 1.54) is 24.3 Å². The minimum atomic E-state index is -0.808. The van der Waals surface area contributed by atoms with Gasteiger partial charge in [-0.3, -0.25) is 14.4 Å². The van der Waals surface area contributed by atoms with Crippen LogP contribution >= 0.6 is 0 Å². The molecule has 146 valence electrons. The van der Waals surface area contributed by atoms with Crippen molar-refractivity contribution in [1.82, 2.24) is 4.90 Å². The zero-order chi connectivity index (χ0) is 19.8. The van der Waals surface area contributed by atoms with Crippen molar-refractivity contribution in [2.45, 2.75) is 70.9 Å². The number of amides is 3. The van der Waals surface area contributed by atoms with E-state index >= 15 is 0 Å². The summed E-state index contributed by atoms with van der Waals surface area (Å²) in [6.07, 6.45) is 4.82. The fourth-order valence-electron chi connectivity index (χ4n) is 4.18. The molecule has 1 aromatic carbocycles. The van der Waals surface area contributed by atoms with Gasteiger partial charge in [0.2, 0.25) is 11.8 Å². The number of hydrogen-bond donors (Lipinski definition) is 0. The molecule has 1 heterocycles. The van der Waals surface area contributed by atoms with Crippen LogP contribution in [0.4, 0.5) is 10.1 Å². The molecule has 1 unspecified atom stereocenters. The molecular formula is C21H27FN2O3. The standard InChI is InChI=1S/C21H27FN2O3/c1-21(2,3)24(19(26)14-7-5-4-6-8-14)17-13-18(25)23(20(17)27)16-11-9-15(22)10-12-16/h9-12,14,17H,4-8,13H2,1-3H3. The van der Waals surface area contributed by atoms with Crippen LogP contribution in [0.3, 0.4) is 0 Å². The number of imide groups is 1. The van der Waals surface area contributed by atoms with Gasteiger partial charge >= 0.3 is 0 Å². The Balaban J connectivity index is 1.89. The van der Waals surface area contributed by atoms with E-state index in [2.05, 4.69) is 0 Å². The van der Waals surface area contributed by atoms with Crippen molar-refractivity contribution < 1.29 is 18.8 Å². The second-order valence-electron chi connectivity index (χ2n) is 8.48. The van der Waals surface area contributed by atoms with Gasteiger partial charge in [-0.15, -0.1) is 0 Å². The SMILES string of the molecule is CC(C)(C)N(C(=O)C1CCCCC1)C1CC(=O)N(c2ccc(F)cc2)C1=O. The smallest absolute Gasteiger partial charge is 0.257 e. The lowest BCUT2D eigenvalue weighted by molar-refractivity contribution is -0.148. The van der Waals surface area contributed by atoms with Crippen LogP contribution in [0.25, 0.3) is 0 Å². The number of halogens is 1. The molecule has 1 saturated heterocycles. The molecule has 2 aliphatic rings. The van der Waals surface area contributed by atoms with Gasteiger partial charge in [0.25, 0.3) is 5.91 Å². The number of carbonyl (C=O) groups is 3. The second kappa shape index (κ2) is 7.41. The number of nitrogens with zero attached hydrogens (tertiary/aromatic N) is 2. The summed E-state index contributed by atoms with van der Waals surface area (Å²) < 4.78 is 13.2. The van der Waals surface area contributed by atoms with Crippen LogP contribution in [0.5, 0.6) is 0 Å². The molecule has 27 heavy (non-hydrogen) atoms. The lowest BCUT2D eigenvalue weighted by Crippen LogP contribution is -2.56. The average molecular weight is 374 g/mol. The zero-order valence-electron chi connectivity index (χ0n) is 16.2. The summed E-state index contributed by atoms with van der Waals surface area (Å²) in [4.78, 5) is 41.6. The largest absolute Gasteiger partial charge is 0.325 e. The van der Waals surface area contributed by atoms with E-state index < -0.39 is 23.3 Å². The van der Waals surface area contributed by atoms with Gasteiger partial charge in [-0.05, 0) is 57.9 Å². The van der Waals surface area contributed by atoms with E-state index in [1.54, 1.807) is 4.90 Å². The second-order valence-corrected chi connectivity index (χ2v) is 8.48. The zero-order valence-corrected chi connectivity index (χ0v) is 16.2. The first-order chi connectivity index (χ1) is 12.7. The Kier molecular flexibility index (Phi) is 5.36. The van der Waals surface area contributed by atoms with Crippen LogP contribution in [-0.4, -0.2) is 34.2 Å². The maximum absolute atomic E-state index is 13.3. The van der Waals surface area contributed by atoms with Crippen LogP contribution < -0.4 is 4.90 Å². The van der Waals surface area contributed by atoms with Crippen LogP contribution in [0.1, 0.15) is 59.3 Å². The molecule has 0 aromatic heterocycles. The Morgan fingerprint density at radius 3 is 2.22 bits per heavy atom. The Labute approximate surface area is 159 Å². The van der Waals surface area contributed by atoms with E-state index in [9.17, 15) is 18.8 Å². The van der Waals surface area contributed by atoms with E-state index in [1.807, 2.05) is 20.8 Å². The first-order valence-corrected chi connectivity index (χ1v) is 9.65. The molecule has 0 spiro atoms. The van der Waals surface area contributed by atoms with Gasteiger partial charge in [0.15, 0.2) is 0 Å². The summed E-state index contributed by atoms with van der Waals surface area (Å²) in [6.45, 7) is 5.68. The summed E-state index contributed by atoms with van der Waals surface area (Å²) in [5.74, 6) is -1.32. The number of benzene rings is 1. The molecule has 0 bridgehead atoms. The van der Waals surface area contributed by atoms with E-state index in [-0.39, 0.29) is 24.2 Å². The third-order valence-corrected chi connectivity index (χ3v) is 5.43. The highest BCUT2D eigenvalue weighted by molar-refractivity contribution is 6.23. The maximum atomic E-state index is 13.3. The summed E-state index contributed by atoms with van der Waals surface area (Å²) in [6, 6.07) is 4.46. The van der Waals surface area contributed by atoms with Gasteiger partial charge in [0.05, 0.1) is 12.1 Å². The minimum absolute atomic E-state index is 0.0330. The quantitative estimate of drug-likeness (QED) is 0.759. The Morgan fingerprint density at radius 1 is 1.07 bits per heavy atom. The van der Waals surface area contributed by atoms with Crippen molar-refractivity contribution >= 4 is 23.4 Å². The van der Waals surface area contributed by atoms with Gasteiger partial charge in [0.1, 0.15) is 11.9 Å². The Hall–Kier alpha value is -2.24. The van der Waals surface area contributed by atoms with Gasteiger partial charge < -0.3 is 4.90 Å². The van der Waals surface area contributed by atoms with Crippen molar-refractivity contribution in [3.63, 3.8) is 0 Å². The molecule has 2 fully saturated rings. The molecule has 1 aliphatic heterocycles. The van der Waals surface area contributed by atoms with Crippen molar-refractivity contribution in [3.8, 4) is 0 Å². The van der Waals surface area contributed by atoms with E-state index in [0.717, 1.165) is 37.0 Å². The van der Waals surface area contributed by atoms with Crippen LogP contribution in [0, 0.1) is 11.7 Å². The fourth-order valence-corrected chi connectivity index (χ4v) is 4.18. The van der Waals surface area contributed by atoms with Crippen LogP contribution in [0.2, 0.25) is 0 Å². The lowest BCUT2D eigenvalue weighted by atomic mass is 9.86. The minimum Gasteiger partial charge on any atom is -0.325 e. The van der Waals surface area contributed by atoms with Gasteiger partial charge in [-0.2, -0.15) is 0 Å². The molecule has 3 rings (SSSR count). The monoisotopic (exact) mass is 374 g/mol. The van der Waals surface area contributed by atoms with Crippen molar-refractivity contribution in [1.29, 1.82) is 0 Å². The molecular weight excluding hydrogens is 347 g/mol. The molecule has 3 amide bonds. The highest BCUT2D eigenvalue weighted by Crippen LogP contribution is 2.34. The van der Waals surface area contributed by atoms with Crippen molar-refractivity contribution in [2.75, 3.05) is 4.90 Å². The van der Waals surface area contributed by atoms with E-state index in [4.69, 9.17) is 0 Å². The normalized spacial score (nSPS) is 21.6. The highest BCUT2D eigenvalue weighted by Gasteiger charge is 2.48. The predicted molar refractivity (Wildman–Crippen MR) is 100 cm³/mol. The van der Waals surface area contributed by atoms with Gasteiger partial charge in [-0.1, -0.05) is 19.3 Å². The molecule has 0 radical (unpaired) electrons. The third-order valence-electron chi connectivity index (χ3n) is 5.43. The Morgan fingerprint density at radius 2 is 1.67 bits per heavy atom. The molecule has 1 saturated carbocycles. The number of rotatable bonds is 3. The molecule has 1 aromatic rings. The Bertz CT molecular complexity index is 733. The summed E-state index contributed by atoms with van der Waals surface area (Å²) in [7, 11) is 0. The number of carbonyl (C=O) groups excluding carboxylic acids is 3. The first-order valence-electron chi connectivity index (χ1n) is 9.65. The molecule has 1 atom stereocenters. The van der Waals surface area contributed by atoms with Crippen molar-refractivity contribution in [2.24, 2.45) is 5.92 Å². The number of anilines is 1. The summed E-state index contributed by atoms with van der Waals surface area (Å²) in [5.41, 5.74) is -0.235. The maximum Gasteiger partial charge on any atom is 0.257 e. The lowest BCUT2D eigenvalue weighted by Gasteiger charge is -2.41. The summed E-state index contributed by atoms with van der Waals surface area (Å²) >= 11 is 0. The molecule has 6 heteroatoms. The third kappa shape index (κ3) is 3.89. The van der Waals surface area contributed by atoms with Crippen LogP contribution in [0.15, 0.2) is 24.3 Å². The highest BCUT2D eigenvalue weighted by atomic mass is 19.1. The molecule has 0 N–H and O–H groups in total. The molecule has 1 aliphatic carbocycles. The van der Waals surface area contributed by atoms with Crippen molar-refractivity contribution in [3.05, 3.63) is 30.1 Å². The first kappa shape index (κ1) is 19.5.